The van der Waals surface area contributed by atoms with Crippen LogP contribution in [0.4, 0.5) is 8.78 Å². The zero-order valence-electron chi connectivity index (χ0n) is 12.5. The van der Waals surface area contributed by atoms with Crippen molar-refractivity contribution < 1.29 is 8.78 Å². The molecule has 0 fully saturated rings. The highest BCUT2D eigenvalue weighted by Gasteiger charge is 2.20. The van der Waals surface area contributed by atoms with Gasteiger partial charge in [-0.1, -0.05) is 6.07 Å². The zero-order valence-corrected chi connectivity index (χ0v) is 12.5. The number of nitrogens with one attached hydrogen (secondary N) is 1. The highest BCUT2D eigenvalue weighted by atomic mass is 19.1. The third-order valence-electron chi connectivity index (χ3n) is 3.89. The van der Waals surface area contributed by atoms with E-state index < -0.39 is 17.7 Å². The van der Waals surface area contributed by atoms with Gasteiger partial charge in [-0.25, -0.2) is 8.78 Å². The standard InChI is InChI=1S/C15H20F2N4/c1-9-11(10(2)21(3)20-9)7-8-14(19-18)15-12(16)5-4-6-13(15)17/h4-6,14,19H,7-8,18H2,1-3H3. The molecule has 0 saturated carbocycles. The van der Waals surface area contributed by atoms with Crippen LogP contribution in [0.2, 0.25) is 0 Å². The fourth-order valence-electron chi connectivity index (χ4n) is 2.62. The Labute approximate surface area is 122 Å². The predicted molar refractivity (Wildman–Crippen MR) is 77.4 cm³/mol. The Morgan fingerprint density at radius 3 is 2.38 bits per heavy atom. The van der Waals surface area contributed by atoms with Crippen LogP contribution in [0.3, 0.4) is 0 Å². The Morgan fingerprint density at radius 1 is 1.29 bits per heavy atom. The molecule has 2 aromatic rings. The first-order valence-corrected chi connectivity index (χ1v) is 6.84. The van der Waals surface area contributed by atoms with E-state index in [-0.39, 0.29) is 5.56 Å². The summed E-state index contributed by atoms with van der Waals surface area (Å²) in [5.41, 5.74) is 5.57. The summed E-state index contributed by atoms with van der Waals surface area (Å²) in [6.45, 7) is 3.90. The molecule has 114 valence electrons. The number of rotatable bonds is 5. The third-order valence-corrected chi connectivity index (χ3v) is 3.89. The van der Waals surface area contributed by atoms with Crippen LogP contribution in [0.15, 0.2) is 18.2 Å². The summed E-state index contributed by atoms with van der Waals surface area (Å²) in [7, 11) is 1.88. The first-order valence-electron chi connectivity index (χ1n) is 6.84. The van der Waals surface area contributed by atoms with Crippen molar-refractivity contribution in [2.45, 2.75) is 32.7 Å². The van der Waals surface area contributed by atoms with Gasteiger partial charge < -0.3 is 0 Å². The van der Waals surface area contributed by atoms with Crippen molar-refractivity contribution in [2.24, 2.45) is 12.9 Å². The van der Waals surface area contributed by atoms with Crippen LogP contribution in [-0.2, 0) is 13.5 Å². The minimum absolute atomic E-state index is 0.0146. The lowest BCUT2D eigenvalue weighted by Crippen LogP contribution is -2.30. The molecule has 2 rings (SSSR count). The number of halogens is 2. The van der Waals surface area contributed by atoms with E-state index in [1.54, 1.807) is 4.68 Å². The highest BCUT2D eigenvalue weighted by Crippen LogP contribution is 2.25. The third kappa shape index (κ3) is 3.11. The van der Waals surface area contributed by atoms with Gasteiger partial charge in [-0.3, -0.25) is 16.0 Å². The molecule has 1 aromatic heterocycles. The summed E-state index contributed by atoms with van der Waals surface area (Å²) < 4.78 is 29.5. The molecule has 4 nitrogen and oxygen atoms in total. The molecule has 0 bridgehead atoms. The summed E-state index contributed by atoms with van der Waals surface area (Å²) in [6.07, 6.45) is 1.13. The summed E-state index contributed by atoms with van der Waals surface area (Å²) in [5.74, 6) is 4.31. The summed E-state index contributed by atoms with van der Waals surface area (Å²) >= 11 is 0. The highest BCUT2D eigenvalue weighted by molar-refractivity contribution is 5.27. The Balaban J connectivity index is 2.20. The minimum atomic E-state index is -0.586. The number of hydrazine groups is 1. The van der Waals surface area contributed by atoms with E-state index in [9.17, 15) is 8.78 Å². The summed E-state index contributed by atoms with van der Waals surface area (Å²) in [4.78, 5) is 0. The molecule has 0 spiro atoms. The van der Waals surface area contributed by atoms with E-state index in [1.807, 2.05) is 20.9 Å². The van der Waals surface area contributed by atoms with Crippen LogP contribution in [0, 0.1) is 25.5 Å². The molecule has 0 saturated heterocycles. The molecule has 1 atom stereocenters. The number of hydrogen-bond donors (Lipinski definition) is 2. The maximum atomic E-state index is 13.8. The summed E-state index contributed by atoms with van der Waals surface area (Å²) in [5, 5.41) is 4.34. The van der Waals surface area contributed by atoms with Gasteiger partial charge in [-0.15, -0.1) is 0 Å². The fraction of sp³-hybridized carbons (Fsp3) is 0.400. The molecular weight excluding hydrogens is 274 g/mol. The van der Waals surface area contributed by atoms with Crippen LogP contribution >= 0.6 is 0 Å². The van der Waals surface area contributed by atoms with Crippen LogP contribution in [0.5, 0.6) is 0 Å². The smallest absolute Gasteiger partial charge is 0.130 e. The Morgan fingerprint density at radius 2 is 1.90 bits per heavy atom. The van der Waals surface area contributed by atoms with Crippen molar-refractivity contribution in [2.75, 3.05) is 0 Å². The van der Waals surface area contributed by atoms with Gasteiger partial charge in [0.05, 0.1) is 11.7 Å². The van der Waals surface area contributed by atoms with Crippen molar-refractivity contribution in [3.63, 3.8) is 0 Å². The summed E-state index contributed by atoms with van der Waals surface area (Å²) in [6, 6.07) is 3.24. The SMILES string of the molecule is Cc1nn(C)c(C)c1CCC(NN)c1c(F)cccc1F. The van der Waals surface area contributed by atoms with E-state index in [0.29, 0.717) is 12.8 Å². The Bertz CT molecular complexity index is 617. The maximum absolute atomic E-state index is 13.8. The molecule has 0 aliphatic heterocycles. The van der Waals surface area contributed by atoms with Crippen molar-refractivity contribution in [3.05, 3.63) is 52.3 Å². The molecule has 1 heterocycles. The molecule has 0 aliphatic carbocycles. The topological polar surface area (TPSA) is 55.9 Å². The number of aryl methyl sites for hydroxylation is 2. The lowest BCUT2D eigenvalue weighted by atomic mass is 9.97. The molecule has 0 aliphatic rings. The number of benzene rings is 1. The average Bonchev–Trinajstić information content (AvgIpc) is 2.67. The van der Waals surface area contributed by atoms with Crippen molar-refractivity contribution in [3.8, 4) is 0 Å². The van der Waals surface area contributed by atoms with Gasteiger partial charge >= 0.3 is 0 Å². The van der Waals surface area contributed by atoms with Gasteiger partial charge in [-0.2, -0.15) is 5.10 Å². The van der Waals surface area contributed by atoms with Gasteiger partial charge in [0.15, 0.2) is 0 Å². The molecule has 21 heavy (non-hydrogen) atoms. The number of nitrogens with two attached hydrogens (primary N) is 1. The van der Waals surface area contributed by atoms with E-state index in [1.165, 1.54) is 18.2 Å². The first-order chi connectivity index (χ1) is 9.95. The monoisotopic (exact) mass is 294 g/mol. The minimum Gasteiger partial charge on any atom is -0.272 e. The Kier molecular flexibility index (Phi) is 4.69. The molecule has 6 heteroatoms. The largest absolute Gasteiger partial charge is 0.272 e. The number of nitrogens with zero attached hydrogens (tertiary/aromatic N) is 2. The lowest BCUT2D eigenvalue weighted by Gasteiger charge is -2.17. The molecule has 0 radical (unpaired) electrons. The average molecular weight is 294 g/mol. The van der Waals surface area contributed by atoms with E-state index in [2.05, 4.69) is 10.5 Å². The van der Waals surface area contributed by atoms with E-state index >= 15 is 0 Å². The fourth-order valence-corrected chi connectivity index (χ4v) is 2.62. The molecular formula is C15H20F2N4. The molecule has 1 unspecified atom stereocenters. The lowest BCUT2D eigenvalue weighted by molar-refractivity contribution is 0.454. The van der Waals surface area contributed by atoms with Crippen LogP contribution in [0.1, 0.15) is 35.0 Å². The quantitative estimate of drug-likeness (QED) is 0.658. The van der Waals surface area contributed by atoms with Gasteiger partial charge in [0.25, 0.3) is 0 Å². The maximum Gasteiger partial charge on any atom is 0.130 e. The molecule has 3 N–H and O–H groups in total. The first kappa shape index (κ1) is 15.6. The van der Waals surface area contributed by atoms with Crippen molar-refractivity contribution >= 4 is 0 Å². The molecule has 0 amide bonds. The van der Waals surface area contributed by atoms with Gasteiger partial charge in [0.1, 0.15) is 11.6 Å². The zero-order chi connectivity index (χ0) is 15.6. The van der Waals surface area contributed by atoms with Crippen LogP contribution in [0.25, 0.3) is 0 Å². The number of aromatic nitrogens is 2. The second kappa shape index (κ2) is 6.32. The normalized spacial score (nSPS) is 12.7. The van der Waals surface area contributed by atoms with E-state index in [4.69, 9.17) is 5.84 Å². The predicted octanol–water partition coefficient (Wildman–Crippen LogP) is 2.45. The number of hydrogen-bond acceptors (Lipinski definition) is 3. The molecule has 1 aromatic carbocycles. The second-order valence-electron chi connectivity index (χ2n) is 5.17. The van der Waals surface area contributed by atoms with Crippen molar-refractivity contribution in [1.82, 2.24) is 15.2 Å². The van der Waals surface area contributed by atoms with Gasteiger partial charge in [0, 0.05) is 18.3 Å². The van der Waals surface area contributed by atoms with Gasteiger partial charge in [-0.05, 0) is 44.4 Å². The van der Waals surface area contributed by atoms with E-state index in [0.717, 1.165) is 17.0 Å². The van der Waals surface area contributed by atoms with Crippen LogP contribution < -0.4 is 11.3 Å². The second-order valence-corrected chi connectivity index (χ2v) is 5.17. The van der Waals surface area contributed by atoms with Gasteiger partial charge in [0.2, 0.25) is 0 Å². The Hall–Kier alpha value is -1.79. The van der Waals surface area contributed by atoms with Crippen molar-refractivity contribution in [1.29, 1.82) is 0 Å². The van der Waals surface area contributed by atoms with Crippen LogP contribution in [-0.4, -0.2) is 9.78 Å².